The number of sulfonamides is 1. The van der Waals surface area contributed by atoms with E-state index in [1.54, 1.807) is 6.07 Å². The van der Waals surface area contributed by atoms with Gasteiger partial charge in [-0.25, -0.2) is 13.1 Å². The van der Waals surface area contributed by atoms with Gasteiger partial charge in [0.1, 0.15) is 0 Å². The van der Waals surface area contributed by atoms with Gasteiger partial charge in [-0.3, -0.25) is 0 Å². The maximum atomic E-state index is 11.6. The van der Waals surface area contributed by atoms with Crippen LogP contribution in [0.4, 0.5) is 11.4 Å². The van der Waals surface area contributed by atoms with Gasteiger partial charge in [-0.2, -0.15) is 0 Å². The fourth-order valence-electron chi connectivity index (χ4n) is 1.16. The first-order chi connectivity index (χ1) is 7.86. The highest BCUT2D eigenvalue weighted by Gasteiger charge is 2.12. The van der Waals surface area contributed by atoms with Crippen LogP contribution in [-0.4, -0.2) is 22.0 Å². The fraction of sp³-hybridized carbons (Fsp3) is 0.200. The number of nitrogen functional groups attached to an aromatic ring is 1. The zero-order valence-electron chi connectivity index (χ0n) is 9.33. The molecular formula is C10H14BrN3O2S. The highest BCUT2D eigenvalue weighted by molar-refractivity contribution is 9.11. The smallest absolute Gasteiger partial charge is 0.240 e. The molecule has 94 valence electrons. The van der Waals surface area contributed by atoms with Crippen molar-refractivity contribution in [3.63, 3.8) is 0 Å². The van der Waals surface area contributed by atoms with Crippen molar-refractivity contribution >= 4 is 37.3 Å². The topological polar surface area (TPSA) is 84.2 Å². The van der Waals surface area contributed by atoms with Gasteiger partial charge in [0.15, 0.2) is 0 Å². The molecule has 0 unspecified atom stereocenters. The van der Waals surface area contributed by atoms with Gasteiger partial charge in [0.25, 0.3) is 0 Å². The molecule has 1 aromatic carbocycles. The molecule has 0 aliphatic rings. The van der Waals surface area contributed by atoms with E-state index in [-0.39, 0.29) is 4.90 Å². The Morgan fingerprint density at radius 2 is 2.18 bits per heavy atom. The summed E-state index contributed by atoms with van der Waals surface area (Å²) in [6, 6.07) is 4.48. The molecule has 0 radical (unpaired) electrons. The summed E-state index contributed by atoms with van der Waals surface area (Å²) in [5.41, 5.74) is 6.78. The second-order valence-electron chi connectivity index (χ2n) is 3.33. The van der Waals surface area contributed by atoms with Crippen LogP contribution < -0.4 is 15.8 Å². The highest BCUT2D eigenvalue weighted by atomic mass is 79.9. The standard InChI is InChI=1S/C10H14BrN3O2S/c1-7(11)6-14-10-5-8(3-4-9(10)12)17(15,16)13-2/h3-5,13-14H,1,6,12H2,2H3. The molecule has 5 nitrogen and oxygen atoms in total. The number of benzene rings is 1. The summed E-state index contributed by atoms with van der Waals surface area (Å²) in [5, 5.41) is 2.99. The number of hydrogen-bond donors (Lipinski definition) is 3. The minimum absolute atomic E-state index is 0.164. The molecule has 0 atom stereocenters. The molecule has 0 saturated carbocycles. The zero-order valence-corrected chi connectivity index (χ0v) is 11.7. The fourth-order valence-corrected chi connectivity index (χ4v) is 2.06. The van der Waals surface area contributed by atoms with Crippen LogP contribution in [0.2, 0.25) is 0 Å². The van der Waals surface area contributed by atoms with E-state index in [1.165, 1.54) is 19.2 Å². The Labute approximate surface area is 109 Å². The van der Waals surface area contributed by atoms with Crippen LogP contribution in [0, 0.1) is 0 Å². The molecule has 0 fully saturated rings. The molecular weight excluding hydrogens is 306 g/mol. The third kappa shape index (κ3) is 3.72. The Kier molecular flexibility index (Phi) is 4.55. The van der Waals surface area contributed by atoms with E-state index in [9.17, 15) is 8.42 Å². The lowest BCUT2D eigenvalue weighted by Gasteiger charge is -2.10. The van der Waals surface area contributed by atoms with E-state index in [2.05, 4.69) is 32.5 Å². The van der Waals surface area contributed by atoms with Gasteiger partial charge in [0.05, 0.1) is 16.3 Å². The van der Waals surface area contributed by atoms with Crippen molar-refractivity contribution in [3.05, 3.63) is 29.3 Å². The summed E-state index contributed by atoms with van der Waals surface area (Å²) < 4.78 is 26.2. The van der Waals surface area contributed by atoms with Gasteiger partial charge < -0.3 is 11.1 Å². The quantitative estimate of drug-likeness (QED) is 0.718. The molecule has 7 heteroatoms. The lowest BCUT2D eigenvalue weighted by Crippen LogP contribution is -2.19. The van der Waals surface area contributed by atoms with E-state index in [0.29, 0.717) is 17.9 Å². The average Bonchev–Trinajstić information content (AvgIpc) is 2.27. The third-order valence-corrected chi connectivity index (χ3v) is 3.77. The Bertz CT molecular complexity index is 528. The Morgan fingerprint density at radius 3 is 2.71 bits per heavy atom. The van der Waals surface area contributed by atoms with Crippen LogP contribution in [0.25, 0.3) is 0 Å². The predicted octanol–water partition coefficient (Wildman–Crippen LogP) is 1.50. The molecule has 4 N–H and O–H groups in total. The number of nitrogens with one attached hydrogen (secondary N) is 2. The van der Waals surface area contributed by atoms with Gasteiger partial charge in [0.2, 0.25) is 10.0 Å². The van der Waals surface area contributed by atoms with Crippen molar-refractivity contribution in [2.24, 2.45) is 0 Å². The van der Waals surface area contributed by atoms with E-state index >= 15 is 0 Å². The van der Waals surface area contributed by atoms with Crippen LogP contribution in [0.5, 0.6) is 0 Å². The van der Waals surface area contributed by atoms with Crippen molar-refractivity contribution in [3.8, 4) is 0 Å². The maximum absolute atomic E-state index is 11.6. The molecule has 0 amide bonds. The Hall–Kier alpha value is -1.05. The normalized spacial score (nSPS) is 11.2. The lowest BCUT2D eigenvalue weighted by molar-refractivity contribution is 0.588. The first-order valence-electron chi connectivity index (χ1n) is 4.77. The van der Waals surface area contributed by atoms with E-state index < -0.39 is 10.0 Å². The second kappa shape index (κ2) is 5.52. The van der Waals surface area contributed by atoms with Crippen LogP contribution in [0.15, 0.2) is 34.2 Å². The average molecular weight is 320 g/mol. The molecule has 0 aliphatic carbocycles. The lowest BCUT2D eigenvalue weighted by atomic mass is 10.2. The van der Waals surface area contributed by atoms with Crippen molar-refractivity contribution in [1.29, 1.82) is 0 Å². The summed E-state index contributed by atoms with van der Waals surface area (Å²) in [4.78, 5) is 0.164. The van der Waals surface area contributed by atoms with Crippen LogP contribution in [0.3, 0.4) is 0 Å². The molecule has 0 spiro atoms. The SMILES string of the molecule is C=C(Br)CNc1cc(S(=O)(=O)NC)ccc1N. The largest absolute Gasteiger partial charge is 0.397 e. The van der Waals surface area contributed by atoms with Gasteiger partial charge in [-0.1, -0.05) is 22.5 Å². The van der Waals surface area contributed by atoms with Gasteiger partial charge in [-0.15, -0.1) is 0 Å². The van der Waals surface area contributed by atoms with E-state index in [0.717, 1.165) is 4.48 Å². The molecule has 0 heterocycles. The zero-order chi connectivity index (χ0) is 13.1. The van der Waals surface area contributed by atoms with Crippen LogP contribution in [-0.2, 0) is 10.0 Å². The van der Waals surface area contributed by atoms with E-state index in [1.807, 2.05) is 0 Å². The van der Waals surface area contributed by atoms with Gasteiger partial charge in [-0.05, 0) is 25.2 Å². The highest BCUT2D eigenvalue weighted by Crippen LogP contribution is 2.23. The summed E-state index contributed by atoms with van der Waals surface area (Å²) in [6.45, 7) is 4.14. The number of anilines is 2. The van der Waals surface area contributed by atoms with E-state index in [4.69, 9.17) is 5.73 Å². The molecule has 17 heavy (non-hydrogen) atoms. The van der Waals surface area contributed by atoms with Gasteiger partial charge >= 0.3 is 0 Å². The Balaban J connectivity index is 3.07. The molecule has 0 bridgehead atoms. The summed E-state index contributed by atoms with van der Waals surface area (Å²) >= 11 is 3.20. The predicted molar refractivity (Wildman–Crippen MR) is 73.7 cm³/mol. The minimum Gasteiger partial charge on any atom is -0.397 e. The second-order valence-corrected chi connectivity index (χ2v) is 6.34. The van der Waals surface area contributed by atoms with Crippen LogP contribution >= 0.6 is 15.9 Å². The molecule has 1 rings (SSSR count). The first kappa shape index (κ1) is 14.0. The summed E-state index contributed by atoms with van der Waals surface area (Å²) in [6.07, 6.45) is 0. The number of hydrogen-bond acceptors (Lipinski definition) is 4. The monoisotopic (exact) mass is 319 g/mol. The van der Waals surface area contributed by atoms with Crippen molar-refractivity contribution in [2.45, 2.75) is 4.90 Å². The molecule has 1 aromatic rings. The molecule has 0 aliphatic heterocycles. The Morgan fingerprint density at radius 1 is 1.53 bits per heavy atom. The van der Waals surface area contributed by atoms with Crippen molar-refractivity contribution in [2.75, 3.05) is 24.6 Å². The van der Waals surface area contributed by atoms with Crippen LogP contribution in [0.1, 0.15) is 0 Å². The summed E-state index contributed by atoms with van der Waals surface area (Å²) in [5.74, 6) is 0. The molecule has 0 saturated heterocycles. The number of halogens is 1. The van der Waals surface area contributed by atoms with Crippen molar-refractivity contribution in [1.82, 2.24) is 4.72 Å². The maximum Gasteiger partial charge on any atom is 0.240 e. The van der Waals surface area contributed by atoms with Crippen molar-refractivity contribution < 1.29 is 8.42 Å². The third-order valence-electron chi connectivity index (χ3n) is 2.07. The summed E-state index contributed by atoms with van der Waals surface area (Å²) in [7, 11) is -2.10. The molecule has 0 aromatic heterocycles. The first-order valence-corrected chi connectivity index (χ1v) is 7.04. The number of rotatable bonds is 5. The minimum atomic E-state index is -3.46. The number of nitrogens with two attached hydrogens (primary N) is 1. The van der Waals surface area contributed by atoms with Gasteiger partial charge in [0, 0.05) is 11.0 Å².